The molecule has 0 amide bonds. The largest absolute Gasteiger partial charge is 0.418 e. The first kappa shape index (κ1) is 35.3. The highest BCUT2D eigenvalue weighted by Crippen LogP contribution is 2.46. The average molecular weight is 784 g/mol. The van der Waals surface area contributed by atoms with Crippen LogP contribution in [0.15, 0.2) is 194 Å². The molecule has 0 bridgehead atoms. The van der Waals surface area contributed by atoms with E-state index in [1.54, 1.807) is 10.6 Å². The van der Waals surface area contributed by atoms with Crippen LogP contribution in [-0.4, -0.2) is 24.1 Å². The third kappa shape index (κ3) is 5.75. The summed E-state index contributed by atoms with van der Waals surface area (Å²) in [6, 6.07) is 61.3. The van der Waals surface area contributed by atoms with E-state index in [4.69, 9.17) is 15.0 Å². The number of benzene rings is 8. The van der Waals surface area contributed by atoms with Gasteiger partial charge in [0.25, 0.3) is 0 Å². The molecule has 8 aromatic carbocycles. The lowest BCUT2D eigenvalue weighted by molar-refractivity contribution is -0.137. The zero-order valence-corrected chi connectivity index (χ0v) is 31.8. The molecule has 11 rings (SSSR count). The molecule has 0 saturated carbocycles. The zero-order valence-electron chi connectivity index (χ0n) is 31.8. The van der Waals surface area contributed by atoms with Gasteiger partial charge in [0.05, 0.1) is 33.3 Å². The van der Waals surface area contributed by atoms with Crippen LogP contribution in [0.5, 0.6) is 0 Å². The summed E-state index contributed by atoms with van der Waals surface area (Å²) in [5.74, 6) is 1.21. The SMILES string of the molecule is FC(F)(F)c1cccc(-c2ccc(-n3c4ccccc4c4ccccc43)cc2-c2nc(-c3ccccc3)nc(-c3ccccc3)n2)c1-n1c2ccccc2c2ccccc21. The number of halogens is 3. The average Bonchev–Trinajstić information content (AvgIpc) is 3.82. The van der Waals surface area contributed by atoms with Gasteiger partial charge in [0.1, 0.15) is 0 Å². The molecule has 0 unspecified atom stereocenters. The number of hydrogen-bond acceptors (Lipinski definition) is 3. The van der Waals surface area contributed by atoms with Crippen LogP contribution in [-0.2, 0) is 6.18 Å². The van der Waals surface area contributed by atoms with E-state index < -0.39 is 11.7 Å². The van der Waals surface area contributed by atoms with E-state index in [9.17, 15) is 0 Å². The summed E-state index contributed by atoms with van der Waals surface area (Å²) in [5, 5.41) is 3.89. The maximum absolute atomic E-state index is 15.5. The quantitative estimate of drug-likeness (QED) is 0.169. The van der Waals surface area contributed by atoms with Crippen LogP contribution in [0.3, 0.4) is 0 Å². The molecule has 0 spiro atoms. The second-order valence-electron chi connectivity index (χ2n) is 14.7. The minimum atomic E-state index is -4.69. The molecular formula is C52H32F3N5. The Balaban J connectivity index is 1.27. The highest BCUT2D eigenvalue weighted by atomic mass is 19.4. The van der Waals surface area contributed by atoms with Crippen molar-refractivity contribution in [3.63, 3.8) is 0 Å². The van der Waals surface area contributed by atoms with Crippen molar-refractivity contribution in [2.24, 2.45) is 0 Å². The summed E-state index contributed by atoms with van der Waals surface area (Å²) in [6.45, 7) is 0. The van der Waals surface area contributed by atoms with E-state index in [0.717, 1.165) is 49.4 Å². The van der Waals surface area contributed by atoms with Gasteiger partial charge in [0, 0.05) is 49.5 Å². The minimum absolute atomic E-state index is 0.0221. The van der Waals surface area contributed by atoms with Gasteiger partial charge in [-0.2, -0.15) is 13.2 Å². The number of rotatable bonds is 6. The van der Waals surface area contributed by atoms with E-state index in [1.165, 1.54) is 12.1 Å². The van der Waals surface area contributed by atoms with Gasteiger partial charge >= 0.3 is 6.18 Å². The van der Waals surface area contributed by atoms with E-state index in [2.05, 4.69) is 28.8 Å². The van der Waals surface area contributed by atoms with Crippen molar-refractivity contribution in [3.8, 4) is 56.7 Å². The van der Waals surface area contributed by atoms with Crippen LogP contribution in [0.25, 0.3) is 100 Å². The molecule has 0 N–H and O–H groups in total. The second-order valence-corrected chi connectivity index (χ2v) is 14.7. The lowest BCUT2D eigenvalue weighted by atomic mass is 9.94. The highest BCUT2D eigenvalue weighted by Gasteiger charge is 2.36. The molecule has 3 heterocycles. The maximum atomic E-state index is 15.5. The van der Waals surface area contributed by atoms with Crippen molar-refractivity contribution < 1.29 is 13.2 Å². The van der Waals surface area contributed by atoms with Gasteiger partial charge in [-0.3, -0.25) is 0 Å². The van der Waals surface area contributed by atoms with Crippen LogP contribution >= 0.6 is 0 Å². The molecule has 8 heteroatoms. The third-order valence-corrected chi connectivity index (χ3v) is 11.2. The number of para-hydroxylation sites is 5. The summed E-state index contributed by atoms with van der Waals surface area (Å²) >= 11 is 0. The van der Waals surface area contributed by atoms with Gasteiger partial charge in [0.15, 0.2) is 17.5 Å². The first-order valence-electron chi connectivity index (χ1n) is 19.6. The van der Waals surface area contributed by atoms with E-state index >= 15 is 13.2 Å². The normalized spacial score (nSPS) is 11.9. The third-order valence-electron chi connectivity index (χ3n) is 11.2. The Kier molecular flexibility index (Phi) is 8.20. The van der Waals surface area contributed by atoms with Gasteiger partial charge in [-0.05, 0) is 48.0 Å². The molecule has 0 aliphatic heterocycles. The molecule has 286 valence electrons. The van der Waals surface area contributed by atoms with Crippen molar-refractivity contribution in [2.45, 2.75) is 6.18 Å². The number of fused-ring (bicyclic) bond motifs is 6. The molecule has 0 radical (unpaired) electrons. The Labute approximate surface area is 342 Å². The zero-order chi connectivity index (χ0) is 40.4. The molecule has 0 atom stereocenters. The standard InChI is InChI=1S/C52H32F3N5/c53-52(54,55)43-25-15-24-41(48(43)60-46-28-13-9-22-39(46)40-23-10-14-29-47(40)60)36-31-30-35(59-44-26-11-7-20-37(44)38-21-8-12-27-45(38)59)32-42(36)51-57-49(33-16-3-1-4-17-33)56-50(58-51)34-18-5-2-6-19-34/h1-32H. The second kappa shape index (κ2) is 13.9. The Hall–Kier alpha value is -7.84. The molecule has 11 aromatic rings. The Morgan fingerprint density at radius 1 is 0.350 bits per heavy atom. The van der Waals surface area contributed by atoms with E-state index in [1.807, 2.05) is 152 Å². The molecule has 0 saturated heterocycles. The van der Waals surface area contributed by atoms with Gasteiger partial charge in [-0.25, -0.2) is 15.0 Å². The predicted molar refractivity (Wildman–Crippen MR) is 235 cm³/mol. The monoisotopic (exact) mass is 783 g/mol. The molecule has 0 fully saturated rings. The van der Waals surface area contributed by atoms with Gasteiger partial charge in [-0.1, -0.05) is 152 Å². The summed E-state index contributed by atoms with van der Waals surface area (Å²) < 4.78 is 50.6. The van der Waals surface area contributed by atoms with Gasteiger partial charge in [-0.15, -0.1) is 0 Å². The lowest BCUT2D eigenvalue weighted by Crippen LogP contribution is -2.12. The fourth-order valence-electron chi connectivity index (χ4n) is 8.61. The van der Waals surface area contributed by atoms with Crippen molar-refractivity contribution in [2.75, 3.05) is 0 Å². The summed E-state index contributed by atoms with van der Waals surface area (Å²) in [4.78, 5) is 15.2. The molecular weight excluding hydrogens is 752 g/mol. The molecule has 60 heavy (non-hydrogen) atoms. The maximum Gasteiger partial charge on any atom is 0.418 e. The highest BCUT2D eigenvalue weighted by molar-refractivity contribution is 6.11. The molecule has 3 aromatic heterocycles. The Morgan fingerprint density at radius 3 is 1.27 bits per heavy atom. The predicted octanol–water partition coefficient (Wildman–Crippen LogP) is 13.8. The van der Waals surface area contributed by atoms with Crippen molar-refractivity contribution in [3.05, 3.63) is 200 Å². The number of aromatic nitrogens is 5. The lowest BCUT2D eigenvalue weighted by Gasteiger charge is -2.22. The van der Waals surface area contributed by atoms with Crippen LogP contribution in [0, 0.1) is 0 Å². The number of alkyl halides is 3. The van der Waals surface area contributed by atoms with E-state index in [-0.39, 0.29) is 5.69 Å². The molecule has 5 nitrogen and oxygen atoms in total. The van der Waals surface area contributed by atoms with Crippen molar-refractivity contribution in [1.82, 2.24) is 24.1 Å². The van der Waals surface area contributed by atoms with Gasteiger partial charge < -0.3 is 9.13 Å². The molecule has 0 aliphatic carbocycles. The fourth-order valence-corrected chi connectivity index (χ4v) is 8.61. The van der Waals surface area contributed by atoms with Crippen molar-refractivity contribution in [1.29, 1.82) is 0 Å². The topological polar surface area (TPSA) is 48.5 Å². The Morgan fingerprint density at radius 2 is 0.783 bits per heavy atom. The van der Waals surface area contributed by atoms with Crippen LogP contribution < -0.4 is 0 Å². The van der Waals surface area contributed by atoms with Crippen LogP contribution in [0.4, 0.5) is 13.2 Å². The van der Waals surface area contributed by atoms with E-state index in [0.29, 0.717) is 45.2 Å². The molecule has 0 aliphatic rings. The summed E-state index contributed by atoms with van der Waals surface area (Å²) in [5.41, 5.74) is 6.41. The smallest absolute Gasteiger partial charge is 0.309 e. The van der Waals surface area contributed by atoms with Crippen molar-refractivity contribution >= 4 is 43.6 Å². The number of nitrogens with zero attached hydrogens (tertiary/aromatic N) is 5. The Bertz CT molecular complexity index is 3260. The van der Waals surface area contributed by atoms with Gasteiger partial charge in [0.2, 0.25) is 0 Å². The summed E-state index contributed by atoms with van der Waals surface area (Å²) in [6.07, 6.45) is -4.69. The van der Waals surface area contributed by atoms with Crippen LogP contribution in [0.2, 0.25) is 0 Å². The fraction of sp³-hybridized carbons (Fsp3) is 0.0192. The number of hydrogen-bond donors (Lipinski definition) is 0. The van der Waals surface area contributed by atoms with Crippen LogP contribution in [0.1, 0.15) is 5.56 Å². The summed E-state index contributed by atoms with van der Waals surface area (Å²) in [7, 11) is 0. The first-order valence-corrected chi connectivity index (χ1v) is 19.6. The minimum Gasteiger partial charge on any atom is -0.309 e. The first-order chi connectivity index (χ1) is 29.4.